The van der Waals surface area contributed by atoms with Crippen molar-refractivity contribution in [3.05, 3.63) is 59.7 Å². The number of nitrogens with one attached hydrogen (secondary N) is 1. The molecule has 3 atom stereocenters. The molecule has 0 aromatic heterocycles. The molecule has 0 saturated carbocycles. The van der Waals surface area contributed by atoms with Crippen molar-refractivity contribution in [2.45, 2.75) is 18.6 Å². The summed E-state index contributed by atoms with van der Waals surface area (Å²) in [4.78, 5) is 0. The summed E-state index contributed by atoms with van der Waals surface area (Å²) in [5.41, 5.74) is 3.79. The molecular weight excluding hydrogens is 262 g/mol. The molecular formula is C18H19NO2. The molecule has 2 aromatic rings. The third-order valence-electron chi connectivity index (χ3n) is 4.62. The monoisotopic (exact) mass is 281 g/mol. The molecule has 3 nitrogen and oxygen atoms in total. The minimum atomic E-state index is 0.217. The van der Waals surface area contributed by atoms with Gasteiger partial charge in [0, 0.05) is 23.8 Å². The standard InChI is InChI=1S/C18H19NO2/c1-20-13-8-6-12(7-9-13)17-15-10-11-21-18(15)14-4-2-3-5-16(14)19-17/h2-9,15,17-19H,10-11H2,1H3/t15-,17+,18+/m1/s1. The number of ether oxygens (including phenoxy) is 2. The minimum Gasteiger partial charge on any atom is -0.497 e. The molecule has 0 unspecified atom stereocenters. The highest BCUT2D eigenvalue weighted by Crippen LogP contribution is 2.49. The second-order valence-corrected chi connectivity index (χ2v) is 5.73. The highest BCUT2D eigenvalue weighted by atomic mass is 16.5. The number of anilines is 1. The molecule has 2 aliphatic rings. The van der Waals surface area contributed by atoms with Crippen molar-refractivity contribution < 1.29 is 9.47 Å². The molecule has 108 valence electrons. The molecule has 2 aliphatic heterocycles. The van der Waals surface area contributed by atoms with Crippen molar-refractivity contribution in [1.82, 2.24) is 0 Å². The van der Waals surface area contributed by atoms with Gasteiger partial charge in [0.2, 0.25) is 0 Å². The second kappa shape index (κ2) is 5.08. The van der Waals surface area contributed by atoms with Crippen LogP contribution in [0.1, 0.15) is 29.7 Å². The van der Waals surface area contributed by atoms with E-state index in [1.165, 1.54) is 16.8 Å². The molecule has 0 spiro atoms. The predicted molar refractivity (Wildman–Crippen MR) is 82.6 cm³/mol. The first-order chi connectivity index (χ1) is 10.4. The molecule has 0 radical (unpaired) electrons. The van der Waals surface area contributed by atoms with Gasteiger partial charge < -0.3 is 14.8 Å². The van der Waals surface area contributed by atoms with Gasteiger partial charge in [0.25, 0.3) is 0 Å². The number of fused-ring (bicyclic) bond motifs is 3. The fraction of sp³-hybridized carbons (Fsp3) is 0.333. The lowest BCUT2D eigenvalue weighted by Crippen LogP contribution is -2.29. The van der Waals surface area contributed by atoms with Crippen LogP contribution < -0.4 is 10.1 Å². The topological polar surface area (TPSA) is 30.5 Å². The van der Waals surface area contributed by atoms with E-state index in [1.807, 2.05) is 12.1 Å². The smallest absolute Gasteiger partial charge is 0.118 e. The van der Waals surface area contributed by atoms with E-state index in [0.29, 0.717) is 12.0 Å². The Morgan fingerprint density at radius 3 is 2.71 bits per heavy atom. The Kier molecular flexibility index (Phi) is 3.08. The molecule has 0 amide bonds. The van der Waals surface area contributed by atoms with Crippen LogP contribution in [0.3, 0.4) is 0 Å². The van der Waals surface area contributed by atoms with Gasteiger partial charge in [-0.1, -0.05) is 30.3 Å². The largest absolute Gasteiger partial charge is 0.497 e. The normalized spacial score (nSPS) is 26.6. The third kappa shape index (κ3) is 2.09. The maximum atomic E-state index is 6.02. The zero-order valence-electron chi connectivity index (χ0n) is 12.1. The molecule has 1 saturated heterocycles. The van der Waals surface area contributed by atoms with Gasteiger partial charge in [-0.3, -0.25) is 0 Å². The van der Waals surface area contributed by atoms with Gasteiger partial charge in [0.15, 0.2) is 0 Å². The van der Waals surface area contributed by atoms with Gasteiger partial charge in [0.1, 0.15) is 5.75 Å². The summed E-state index contributed by atoms with van der Waals surface area (Å²) in [6.45, 7) is 0.845. The average molecular weight is 281 g/mol. The Labute approximate surface area is 124 Å². The van der Waals surface area contributed by atoms with E-state index in [2.05, 4.69) is 41.7 Å². The van der Waals surface area contributed by atoms with Crippen molar-refractivity contribution in [2.75, 3.05) is 19.0 Å². The Balaban J connectivity index is 1.72. The first-order valence-electron chi connectivity index (χ1n) is 7.48. The molecule has 2 heterocycles. The Hall–Kier alpha value is -2.00. The SMILES string of the molecule is COc1ccc([C@@H]2Nc3ccccc3[C@@H]3OCC[C@H]23)cc1. The van der Waals surface area contributed by atoms with Crippen molar-refractivity contribution in [3.63, 3.8) is 0 Å². The molecule has 21 heavy (non-hydrogen) atoms. The minimum absolute atomic E-state index is 0.217. The van der Waals surface area contributed by atoms with E-state index in [1.54, 1.807) is 7.11 Å². The molecule has 4 rings (SSSR count). The summed E-state index contributed by atoms with van der Waals surface area (Å²) < 4.78 is 11.3. The van der Waals surface area contributed by atoms with Gasteiger partial charge in [0.05, 0.1) is 19.3 Å². The summed E-state index contributed by atoms with van der Waals surface area (Å²) in [6.07, 6.45) is 1.32. The molecule has 0 bridgehead atoms. The van der Waals surface area contributed by atoms with Gasteiger partial charge >= 0.3 is 0 Å². The summed E-state index contributed by atoms with van der Waals surface area (Å²) in [5.74, 6) is 1.39. The van der Waals surface area contributed by atoms with Crippen LogP contribution in [-0.2, 0) is 4.74 Å². The van der Waals surface area contributed by atoms with Crippen LogP contribution in [0.25, 0.3) is 0 Å². The number of methoxy groups -OCH3 is 1. The molecule has 1 N–H and O–H groups in total. The van der Waals surface area contributed by atoms with Crippen LogP contribution in [0.2, 0.25) is 0 Å². The van der Waals surface area contributed by atoms with Gasteiger partial charge in [-0.25, -0.2) is 0 Å². The lowest BCUT2D eigenvalue weighted by molar-refractivity contribution is 0.0829. The van der Waals surface area contributed by atoms with Crippen molar-refractivity contribution >= 4 is 5.69 Å². The Morgan fingerprint density at radius 1 is 1.10 bits per heavy atom. The van der Waals surface area contributed by atoms with Crippen LogP contribution in [-0.4, -0.2) is 13.7 Å². The summed E-state index contributed by atoms with van der Waals surface area (Å²) in [6, 6.07) is 17.2. The van der Waals surface area contributed by atoms with E-state index >= 15 is 0 Å². The number of para-hydroxylation sites is 1. The fourth-order valence-electron chi connectivity index (χ4n) is 3.56. The number of benzene rings is 2. The maximum absolute atomic E-state index is 6.02. The summed E-state index contributed by atoms with van der Waals surface area (Å²) in [5, 5.41) is 3.70. The van der Waals surface area contributed by atoms with Crippen LogP contribution in [0.4, 0.5) is 5.69 Å². The highest BCUT2D eigenvalue weighted by Gasteiger charge is 2.41. The average Bonchev–Trinajstić information content (AvgIpc) is 3.04. The molecule has 3 heteroatoms. The third-order valence-corrected chi connectivity index (χ3v) is 4.62. The summed E-state index contributed by atoms with van der Waals surface area (Å²) >= 11 is 0. The predicted octanol–water partition coefficient (Wildman–Crippen LogP) is 3.94. The Morgan fingerprint density at radius 2 is 1.90 bits per heavy atom. The molecule has 2 aromatic carbocycles. The van der Waals surface area contributed by atoms with E-state index in [-0.39, 0.29) is 6.10 Å². The van der Waals surface area contributed by atoms with E-state index in [0.717, 1.165) is 18.8 Å². The van der Waals surface area contributed by atoms with Gasteiger partial charge in [-0.15, -0.1) is 0 Å². The number of hydrogen-bond acceptors (Lipinski definition) is 3. The quantitative estimate of drug-likeness (QED) is 0.904. The lowest BCUT2D eigenvalue weighted by atomic mass is 9.81. The van der Waals surface area contributed by atoms with Crippen LogP contribution >= 0.6 is 0 Å². The van der Waals surface area contributed by atoms with Crippen molar-refractivity contribution in [1.29, 1.82) is 0 Å². The number of hydrogen-bond donors (Lipinski definition) is 1. The first-order valence-corrected chi connectivity index (χ1v) is 7.48. The second-order valence-electron chi connectivity index (χ2n) is 5.73. The van der Waals surface area contributed by atoms with E-state index in [4.69, 9.17) is 9.47 Å². The van der Waals surface area contributed by atoms with E-state index < -0.39 is 0 Å². The molecule has 1 fully saturated rings. The summed E-state index contributed by atoms with van der Waals surface area (Å²) in [7, 11) is 1.70. The van der Waals surface area contributed by atoms with Crippen molar-refractivity contribution in [3.8, 4) is 5.75 Å². The van der Waals surface area contributed by atoms with E-state index in [9.17, 15) is 0 Å². The van der Waals surface area contributed by atoms with Crippen LogP contribution in [0, 0.1) is 5.92 Å². The van der Waals surface area contributed by atoms with Crippen LogP contribution in [0.5, 0.6) is 5.75 Å². The Bertz CT molecular complexity index is 638. The maximum Gasteiger partial charge on any atom is 0.118 e. The van der Waals surface area contributed by atoms with Gasteiger partial charge in [-0.05, 0) is 30.2 Å². The zero-order chi connectivity index (χ0) is 14.2. The van der Waals surface area contributed by atoms with Gasteiger partial charge in [-0.2, -0.15) is 0 Å². The van der Waals surface area contributed by atoms with Crippen molar-refractivity contribution in [2.24, 2.45) is 5.92 Å². The highest BCUT2D eigenvalue weighted by molar-refractivity contribution is 5.57. The zero-order valence-corrected chi connectivity index (χ0v) is 12.1. The number of rotatable bonds is 2. The fourth-order valence-corrected chi connectivity index (χ4v) is 3.56. The molecule has 0 aliphatic carbocycles. The van der Waals surface area contributed by atoms with Crippen LogP contribution in [0.15, 0.2) is 48.5 Å². The first kappa shape index (κ1) is 12.7. The lowest BCUT2D eigenvalue weighted by Gasteiger charge is -2.36.